The zero-order valence-electron chi connectivity index (χ0n) is 12.0. The molecule has 1 unspecified atom stereocenters. The Bertz CT molecular complexity index is 581. The molecular weight excluding hydrogens is 272 g/mol. The Morgan fingerprint density at radius 3 is 2.86 bits per heavy atom. The summed E-state index contributed by atoms with van der Waals surface area (Å²) < 4.78 is 5.82. The smallest absolute Gasteiger partial charge is 0.339 e. The van der Waals surface area contributed by atoms with Gasteiger partial charge in [0.05, 0.1) is 6.10 Å². The number of aliphatic hydroxyl groups excluding tert-OH is 1. The van der Waals surface area contributed by atoms with E-state index in [-0.39, 0.29) is 23.3 Å². The summed E-state index contributed by atoms with van der Waals surface area (Å²) in [6.45, 7) is 1.96. The fraction of sp³-hybridized carbons (Fsp3) is 0.562. The summed E-state index contributed by atoms with van der Waals surface area (Å²) in [5, 5.41) is 29.9. The molecule has 0 amide bonds. The van der Waals surface area contributed by atoms with Crippen molar-refractivity contribution < 1.29 is 24.9 Å². The number of carboxylic acids is 1. The molecule has 0 bridgehead atoms. The highest BCUT2D eigenvalue weighted by Gasteiger charge is 2.44. The van der Waals surface area contributed by atoms with E-state index in [2.05, 4.69) is 0 Å². The van der Waals surface area contributed by atoms with Crippen LogP contribution in [0.4, 0.5) is 0 Å². The minimum atomic E-state index is -1.11. The molecule has 1 aromatic carbocycles. The lowest BCUT2D eigenvalue weighted by molar-refractivity contribution is 0.00920. The van der Waals surface area contributed by atoms with Crippen LogP contribution in [0.5, 0.6) is 11.5 Å². The van der Waals surface area contributed by atoms with Crippen LogP contribution in [-0.2, 0) is 6.42 Å². The number of fused-ring (bicyclic) bond motifs is 3. The number of aromatic carboxylic acids is 1. The SMILES string of the molecule is CCCc1cc2c(c(O)c1C(=O)O)[C@H]1CCCC(O)[C@H]1O2. The molecule has 0 aromatic heterocycles. The van der Waals surface area contributed by atoms with E-state index in [1.54, 1.807) is 6.07 Å². The molecule has 3 rings (SSSR count). The molecule has 0 radical (unpaired) electrons. The van der Waals surface area contributed by atoms with Gasteiger partial charge in [-0.25, -0.2) is 4.79 Å². The zero-order chi connectivity index (χ0) is 15.1. The third-order valence-corrected chi connectivity index (χ3v) is 4.54. The first kappa shape index (κ1) is 14.2. The Morgan fingerprint density at radius 2 is 2.19 bits per heavy atom. The van der Waals surface area contributed by atoms with Crippen molar-refractivity contribution in [2.45, 2.75) is 57.2 Å². The van der Waals surface area contributed by atoms with E-state index in [1.165, 1.54) is 0 Å². The average Bonchev–Trinajstić information content (AvgIpc) is 2.79. The van der Waals surface area contributed by atoms with E-state index in [1.807, 2.05) is 6.92 Å². The van der Waals surface area contributed by atoms with Crippen molar-refractivity contribution >= 4 is 5.97 Å². The maximum absolute atomic E-state index is 11.5. The van der Waals surface area contributed by atoms with Gasteiger partial charge in [0.1, 0.15) is 23.2 Å². The molecule has 3 N–H and O–H groups in total. The molecule has 2 aliphatic rings. The van der Waals surface area contributed by atoms with Crippen LogP contribution in [0.15, 0.2) is 6.07 Å². The lowest BCUT2D eigenvalue weighted by Crippen LogP contribution is -2.36. The number of aromatic hydroxyl groups is 1. The number of ether oxygens (including phenoxy) is 1. The Kier molecular flexibility index (Phi) is 3.53. The predicted octanol–water partition coefficient (Wildman–Crippen LogP) is 2.43. The lowest BCUT2D eigenvalue weighted by atomic mass is 9.80. The predicted molar refractivity (Wildman–Crippen MR) is 76.1 cm³/mol. The summed E-state index contributed by atoms with van der Waals surface area (Å²) in [6, 6.07) is 1.73. The quantitative estimate of drug-likeness (QED) is 0.796. The van der Waals surface area contributed by atoms with Crippen LogP contribution in [0, 0.1) is 0 Å². The second-order valence-corrected chi connectivity index (χ2v) is 5.91. The highest BCUT2D eigenvalue weighted by Crippen LogP contribution is 2.51. The highest BCUT2D eigenvalue weighted by atomic mass is 16.5. The number of phenols is 1. The van der Waals surface area contributed by atoms with Crippen molar-refractivity contribution in [1.82, 2.24) is 0 Å². The van der Waals surface area contributed by atoms with Gasteiger partial charge >= 0.3 is 5.97 Å². The molecule has 114 valence electrons. The molecule has 0 saturated heterocycles. The summed E-state index contributed by atoms with van der Waals surface area (Å²) in [6.07, 6.45) is 2.77. The van der Waals surface area contributed by atoms with E-state index in [0.717, 1.165) is 19.3 Å². The number of aryl methyl sites for hydroxylation is 1. The van der Waals surface area contributed by atoms with Crippen molar-refractivity contribution in [1.29, 1.82) is 0 Å². The Hall–Kier alpha value is -1.75. The molecule has 5 heteroatoms. The normalized spacial score (nSPS) is 26.9. The van der Waals surface area contributed by atoms with Crippen LogP contribution < -0.4 is 4.74 Å². The van der Waals surface area contributed by atoms with Crippen LogP contribution >= 0.6 is 0 Å². The standard InChI is InChI=1S/C16H20O5/c1-2-4-8-7-11-13(14(18)12(8)16(19)20)9-5-3-6-10(17)15(9)21-11/h7,9-10,15,17-18H,2-6H2,1H3,(H,19,20)/t9-,10?,15+/m1/s1. The Morgan fingerprint density at radius 1 is 1.43 bits per heavy atom. The van der Waals surface area contributed by atoms with Gasteiger partial charge in [0.25, 0.3) is 0 Å². The molecule has 1 heterocycles. The molecular formula is C16H20O5. The minimum absolute atomic E-state index is 0.0140. The van der Waals surface area contributed by atoms with Crippen molar-refractivity contribution in [3.05, 3.63) is 22.8 Å². The van der Waals surface area contributed by atoms with Gasteiger partial charge in [-0.2, -0.15) is 0 Å². The topological polar surface area (TPSA) is 87.0 Å². The van der Waals surface area contributed by atoms with Crippen LogP contribution in [0.2, 0.25) is 0 Å². The van der Waals surface area contributed by atoms with Gasteiger partial charge in [0.2, 0.25) is 0 Å². The molecule has 3 atom stereocenters. The van der Waals surface area contributed by atoms with E-state index in [0.29, 0.717) is 29.7 Å². The van der Waals surface area contributed by atoms with Gasteiger partial charge in [-0.3, -0.25) is 0 Å². The number of hydrogen-bond donors (Lipinski definition) is 3. The van der Waals surface area contributed by atoms with Gasteiger partial charge < -0.3 is 20.1 Å². The van der Waals surface area contributed by atoms with Gasteiger partial charge in [0.15, 0.2) is 0 Å². The van der Waals surface area contributed by atoms with E-state index < -0.39 is 12.1 Å². The zero-order valence-corrected chi connectivity index (χ0v) is 12.0. The molecule has 1 fully saturated rings. The molecule has 1 aliphatic heterocycles. The number of carbonyl (C=O) groups is 1. The van der Waals surface area contributed by atoms with Gasteiger partial charge in [-0.15, -0.1) is 0 Å². The summed E-state index contributed by atoms with van der Waals surface area (Å²) >= 11 is 0. The maximum Gasteiger partial charge on any atom is 0.339 e. The first-order valence-electron chi connectivity index (χ1n) is 7.51. The average molecular weight is 292 g/mol. The fourth-order valence-corrected chi connectivity index (χ4v) is 3.63. The second kappa shape index (κ2) is 5.22. The molecule has 5 nitrogen and oxygen atoms in total. The molecule has 1 saturated carbocycles. The number of rotatable bonds is 3. The van der Waals surface area contributed by atoms with Crippen molar-refractivity contribution in [2.75, 3.05) is 0 Å². The third-order valence-electron chi connectivity index (χ3n) is 4.54. The molecule has 0 spiro atoms. The van der Waals surface area contributed by atoms with Crippen molar-refractivity contribution in [2.24, 2.45) is 0 Å². The van der Waals surface area contributed by atoms with Crippen LogP contribution in [0.1, 0.15) is 60.0 Å². The van der Waals surface area contributed by atoms with Crippen LogP contribution in [0.25, 0.3) is 0 Å². The largest absolute Gasteiger partial charge is 0.507 e. The van der Waals surface area contributed by atoms with E-state index >= 15 is 0 Å². The molecule has 1 aliphatic carbocycles. The Labute approximate surface area is 123 Å². The lowest BCUT2D eigenvalue weighted by Gasteiger charge is -2.29. The van der Waals surface area contributed by atoms with Crippen LogP contribution in [-0.4, -0.2) is 33.5 Å². The monoisotopic (exact) mass is 292 g/mol. The second-order valence-electron chi connectivity index (χ2n) is 5.91. The van der Waals surface area contributed by atoms with Gasteiger partial charge in [0, 0.05) is 11.5 Å². The minimum Gasteiger partial charge on any atom is -0.507 e. The maximum atomic E-state index is 11.5. The Balaban J connectivity index is 2.12. The van der Waals surface area contributed by atoms with E-state index in [4.69, 9.17) is 4.74 Å². The first-order valence-corrected chi connectivity index (χ1v) is 7.51. The number of benzene rings is 1. The molecule has 21 heavy (non-hydrogen) atoms. The van der Waals surface area contributed by atoms with Crippen molar-refractivity contribution in [3.63, 3.8) is 0 Å². The van der Waals surface area contributed by atoms with Gasteiger partial charge in [-0.05, 0) is 37.3 Å². The fourth-order valence-electron chi connectivity index (χ4n) is 3.63. The summed E-state index contributed by atoms with van der Waals surface area (Å²) in [5.41, 5.74) is 1.14. The number of aliphatic hydroxyl groups is 1. The number of carboxylic acid groups (broad SMARTS) is 1. The van der Waals surface area contributed by atoms with Crippen molar-refractivity contribution in [3.8, 4) is 11.5 Å². The first-order chi connectivity index (χ1) is 10.0. The summed E-state index contributed by atoms with van der Waals surface area (Å²) in [7, 11) is 0. The number of hydrogen-bond acceptors (Lipinski definition) is 4. The van der Waals surface area contributed by atoms with E-state index in [9.17, 15) is 20.1 Å². The summed E-state index contributed by atoms with van der Waals surface area (Å²) in [5.74, 6) is -0.863. The van der Waals surface area contributed by atoms with Crippen LogP contribution in [0.3, 0.4) is 0 Å². The highest BCUT2D eigenvalue weighted by molar-refractivity contribution is 5.94. The third kappa shape index (κ3) is 2.16. The summed E-state index contributed by atoms with van der Waals surface area (Å²) in [4.78, 5) is 11.5. The van der Waals surface area contributed by atoms with Gasteiger partial charge in [-0.1, -0.05) is 13.3 Å². The molecule has 1 aromatic rings.